The molecule has 1 fully saturated rings. The fourth-order valence-corrected chi connectivity index (χ4v) is 2.56. The van der Waals surface area contributed by atoms with Crippen molar-refractivity contribution < 1.29 is 17.9 Å². The zero-order valence-electron chi connectivity index (χ0n) is 11.2. The molecule has 1 aromatic rings. The molecule has 2 nitrogen and oxygen atoms in total. The number of alkyl halides is 3. The number of hydrogen-bond acceptors (Lipinski definition) is 2. The Hall–Kier alpha value is -1.70. The van der Waals surface area contributed by atoms with Crippen LogP contribution >= 0.6 is 0 Å². The van der Waals surface area contributed by atoms with Crippen molar-refractivity contribution in [2.75, 3.05) is 0 Å². The SMILES string of the molecule is CC1CCCC[C@@H]1Oc1ccc(C#N)c(C(F)(F)F)c1. The Morgan fingerprint density at radius 3 is 2.55 bits per heavy atom. The van der Waals surface area contributed by atoms with Crippen LogP contribution in [0.1, 0.15) is 43.7 Å². The van der Waals surface area contributed by atoms with Crippen molar-refractivity contribution in [3.8, 4) is 11.8 Å². The van der Waals surface area contributed by atoms with E-state index in [2.05, 4.69) is 6.92 Å². The van der Waals surface area contributed by atoms with Gasteiger partial charge in [-0.15, -0.1) is 0 Å². The molecule has 5 heteroatoms. The molecule has 0 heterocycles. The average molecular weight is 283 g/mol. The number of halogens is 3. The van der Waals surface area contributed by atoms with E-state index >= 15 is 0 Å². The lowest BCUT2D eigenvalue weighted by Crippen LogP contribution is -2.28. The normalized spacial score (nSPS) is 23.1. The van der Waals surface area contributed by atoms with Crippen LogP contribution in [0.4, 0.5) is 13.2 Å². The van der Waals surface area contributed by atoms with E-state index < -0.39 is 11.7 Å². The fourth-order valence-electron chi connectivity index (χ4n) is 2.56. The van der Waals surface area contributed by atoms with E-state index in [0.29, 0.717) is 5.92 Å². The number of nitriles is 1. The van der Waals surface area contributed by atoms with Gasteiger partial charge in [-0.05, 0) is 43.4 Å². The maximum absolute atomic E-state index is 12.9. The van der Waals surface area contributed by atoms with Gasteiger partial charge in [-0.1, -0.05) is 13.3 Å². The fraction of sp³-hybridized carbons (Fsp3) is 0.533. The van der Waals surface area contributed by atoms with Crippen molar-refractivity contribution in [3.63, 3.8) is 0 Å². The Labute approximate surface area is 116 Å². The highest BCUT2D eigenvalue weighted by Crippen LogP contribution is 2.35. The first kappa shape index (κ1) is 14.7. The summed E-state index contributed by atoms with van der Waals surface area (Å²) in [6, 6.07) is 5.11. The summed E-state index contributed by atoms with van der Waals surface area (Å²) in [5, 5.41) is 8.75. The largest absolute Gasteiger partial charge is 0.490 e. The molecule has 20 heavy (non-hydrogen) atoms. The zero-order chi connectivity index (χ0) is 14.8. The predicted molar refractivity (Wildman–Crippen MR) is 68.2 cm³/mol. The Morgan fingerprint density at radius 1 is 1.25 bits per heavy atom. The molecule has 108 valence electrons. The number of ether oxygens (including phenoxy) is 1. The van der Waals surface area contributed by atoms with Gasteiger partial charge in [0.15, 0.2) is 0 Å². The van der Waals surface area contributed by atoms with Crippen LogP contribution in [-0.2, 0) is 6.18 Å². The molecule has 0 amide bonds. The Balaban J connectivity index is 2.23. The van der Waals surface area contributed by atoms with E-state index in [-0.39, 0.29) is 17.4 Å². The summed E-state index contributed by atoms with van der Waals surface area (Å²) >= 11 is 0. The Morgan fingerprint density at radius 2 is 1.95 bits per heavy atom. The molecular weight excluding hydrogens is 267 g/mol. The molecule has 1 aromatic carbocycles. The zero-order valence-corrected chi connectivity index (χ0v) is 11.2. The first-order valence-corrected chi connectivity index (χ1v) is 6.70. The summed E-state index contributed by atoms with van der Waals surface area (Å²) in [6.07, 6.45) is -0.504. The molecule has 0 spiro atoms. The van der Waals surface area contributed by atoms with Crippen LogP contribution < -0.4 is 4.74 Å². The maximum atomic E-state index is 12.9. The van der Waals surface area contributed by atoms with Crippen LogP contribution in [0.2, 0.25) is 0 Å². The molecule has 1 aliphatic carbocycles. The summed E-state index contributed by atoms with van der Waals surface area (Å²) < 4.78 is 44.3. The topological polar surface area (TPSA) is 33.0 Å². The highest BCUT2D eigenvalue weighted by molar-refractivity contribution is 5.44. The molecule has 1 unspecified atom stereocenters. The monoisotopic (exact) mass is 283 g/mol. The van der Waals surface area contributed by atoms with Gasteiger partial charge in [0.1, 0.15) is 11.9 Å². The molecule has 0 bridgehead atoms. The van der Waals surface area contributed by atoms with Crippen LogP contribution in [0.15, 0.2) is 18.2 Å². The van der Waals surface area contributed by atoms with Crippen molar-refractivity contribution in [1.29, 1.82) is 5.26 Å². The van der Waals surface area contributed by atoms with Crippen molar-refractivity contribution >= 4 is 0 Å². The van der Waals surface area contributed by atoms with E-state index in [1.54, 1.807) is 6.07 Å². The van der Waals surface area contributed by atoms with E-state index in [0.717, 1.165) is 31.7 Å². The van der Waals surface area contributed by atoms with Crippen LogP contribution in [0.25, 0.3) is 0 Å². The maximum Gasteiger partial charge on any atom is 0.417 e. The molecule has 0 aromatic heterocycles. The summed E-state index contributed by atoms with van der Waals surface area (Å²) in [5.74, 6) is 0.531. The van der Waals surface area contributed by atoms with Gasteiger partial charge in [0.2, 0.25) is 0 Å². The predicted octanol–water partition coefficient (Wildman–Crippen LogP) is 4.53. The van der Waals surface area contributed by atoms with Gasteiger partial charge in [0.05, 0.1) is 17.2 Å². The second-order valence-corrected chi connectivity index (χ2v) is 5.23. The van der Waals surface area contributed by atoms with Gasteiger partial charge in [-0.25, -0.2) is 0 Å². The third kappa shape index (κ3) is 3.24. The van der Waals surface area contributed by atoms with E-state index in [1.807, 2.05) is 0 Å². The summed E-state index contributed by atoms with van der Waals surface area (Å²) in [4.78, 5) is 0. The first-order valence-electron chi connectivity index (χ1n) is 6.70. The lowest BCUT2D eigenvalue weighted by Gasteiger charge is -2.29. The van der Waals surface area contributed by atoms with Crippen molar-refractivity contribution in [3.05, 3.63) is 29.3 Å². The van der Waals surface area contributed by atoms with Crippen molar-refractivity contribution in [2.45, 2.75) is 44.9 Å². The second kappa shape index (κ2) is 5.74. The quantitative estimate of drug-likeness (QED) is 0.798. The third-order valence-corrected chi connectivity index (χ3v) is 3.74. The molecule has 0 radical (unpaired) electrons. The minimum Gasteiger partial charge on any atom is -0.490 e. The second-order valence-electron chi connectivity index (χ2n) is 5.23. The van der Waals surface area contributed by atoms with Gasteiger partial charge in [0, 0.05) is 0 Å². The molecule has 2 rings (SSSR count). The molecular formula is C15H16F3NO. The molecule has 1 saturated carbocycles. The number of benzene rings is 1. The van der Waals surface area contributed by atoms with Crippen LogP contribution in [0.3, 0.4) is 0 Å². The number of rotatable bonds is 2. The lowest BCUT2D eigenvalue weighted by molar-refractivity contribution is -0.137. The number of nitrogens with zero attached hydrogens (tertiary/aromatic N) is 1. The molecule has 0 aliphatic heterocycles. The smallest absolute Gasteiger partial charge is 0.417 e. The third-order valence-electron chi connectivity index (χ3n) is 3.74. The first-order chi connectivity index (χ1) is 9.41. The van der Waals surface area contributed by atoms with Crippen molar-refractivity contribution in [1.82, 2.24) is 0 Å². The number of hydrogen-bond donors (Lipinski definition) is 0. The van der Waals surface area contributed by atoms with Crippen LogP contribution in [0.5, 0.6) is 5.75 Å². The summed E-state index contributed by atoms with van der Waals surface area (Å²) in [7, 11) is 0. The highest BCUT2D eigenvalue weighted by Gasteiger charge is 2.34. The standard InChI is InChI=1S/C15H16F3NO/c1-10-4-2-3-5-14(10)20-12-7-6-11(9-19)13(8-12)15(16,17)18/h6-8,10,14H,2-5H2,1H3/t10?,14-/m0/s1. The Bertz CT molecular complexity index is 519. The average Bonchev–Trinajstić information content (AvgIpc) is 2.40. The molecule has 0 saturated heterocycles. The lowest BCUT2D eigenvalue weighted by atomic mass is 9.88. The molecule has 0 N–H and O–H groups in total. The van der Waals surface area contributed by atoms with E-state index in [1.165, 1.54) is 12.1 Å². The van der Waals surface area contributed by atoms with E-state index in [9.17, 15) is 13.2 Å². The summed E-state index contributed by atoms with van der Waals surface area (Å²) in [5.41, 5.74) is -1.30. The van der Waals surface area contributed by atoms with E-state index in [4.69, 9.17) is 10.00 Å². The molecule has 1 aliphatic rings. The van der Waals surface area contributed by atoms with Crippen LogP contribution in [0, 0.1) is 17.2 Å². The van der Waals surface area contributed by atoms with Gasteiger partial charge in [-0.2, -0.15) is 18.4 Å². The Kier molecular flexibility index (Phi) is 4.22. The van der Waals surface area contributed by atoms with Gasteiger partial charge in [0.25, 0.3) is 0 Å². The summed E-state index contributed by atoms with van der Waals surface area (Å²) in [6.45, 7) is 2.05. The minimum atomic E-state index is -4.54. The van der Waals surface area contributed by atoms with Gasteiger partial charge < -0.3 is 4.74 Å². The van der Waals surface area contributed by atoms with Gasteiger partial charge in [-0.3, -0.25) is 0 Å². The van der Waals surface area contributed by atoms with Crippen molar-refractivity contribution in [2.24, 2.45) is 5.92 Å². The van der Waals surface area contributed by atoms with Gasteiger partial charge >= 0.3 is 6.18 Å². The highest BCUT2D eigenvalue weighted by atomic mass is 19.4. The van der Waals surface area contributed by atoms with Crippen LogP contribution in [-0.4, -0.2) is 6.10 Å². The minimum absolute atomic E-state index is 0.0437. The molecule has 2 atom stereocenters.